The van der Waals surface area contributed by atoms with Crippen LogP contribution in [0, 0.1) is 5.92 Å². The van der Waals surface area contributed by atoms with Crippen LogP contribution in [0.3, 0.4) is 0 Å². The summed E-state index contributed by atoms with van der Waals surface area (Å²) in [6.45, 7) is 2.33. The fourth-order valence-electron chi connectivity index (χ4n) is 8.81. The summed E-state index contributed by atoms with van der Waals surface area (Å²) in [4.78, 5) is 0. The molecule has 0 bridgehead atoms. The van der Waals surface area contributed by atoms with Gasteiger partial charge in [0.2, 0.25) is 0 Å². The number of hydrogen-bond acceptors (Lipinski definition) is 1. The Labute approximate surface area is 300 Å². The normalized spacial score (nSPS) is 16.2. The molecule has 1 aliphatic carbocycles. The molecule has 0 radical (unpaired) electrons. The molecule has 0 saturated carbocycles. The lowest BCUT2D eigenvalue weighted by Crippen LogP contribution is -2.11. The van der Waals surface area contributed by atoms with Crippen molar-refractivity contribution >= 4 is 71.2 Å². The van der Waals surface area contributed by atoms with E-state index in [2.05, 4.69) is 186 Å². The Morgan fingerprint density at radius 2 is 1.06 bits per heavy atom. The van der Waals surface area contributed by atoms with E-state index >= 15 is 0 Å². The second-order valence-electron chi connectivity index (χ2n) is 14.2. The second-order valence-corrected chi connectivity index (χ2v) is 14.2. The molecule has 0 amide bonds. The van der Waals surface area contributed by atoms with E-state index in [0.717, 1.165) is 11.2 Å². The first kappa shape index (κ1) is 29.2. The highest BCUT2D eigenvalue weighted by molar-refractivity contribution is 6.13. The van der Waals surface area contributed by atoms with E-state index in [1.165, 1.54) is 82.5 Å². The van der Waals surface area contributed by atoms with Gasteiger partial charge in [0.15, 0.2) is 0 Å². The minimum Gasteiger partial charge on any atom is -0.456 e. The van der Waals surface area contributed by atoms with Crippen molar-refractivity contribution in [2.45, 2.75) is 12.8 Å². The molecule has 3 heteroatoms. The van der Waals surface area contributed by atoms with E-state index < -0.39 is 0 Å². The molecule has 0 N–H and O–H groups in total. The van der Waals surface area contributed by atoms with Crippen molar-refractivity contribution < 1.29 is 4.42 Å². The number of aromatic nitrogens is 2. The van der Waals surface area contributed by atoms with Crippen LogP contribution in [0.5, 0.6) is 0 Å². The Morgan fingerprint density at radius 3 is 1.77 bits per heavy atom. The van der Waals surface area contributed by atoms with Gasteiger partial charge in [-0.2, -0.15) is 0 Å². The van der Waals surface area contributed by atoms with Crippen molar-refractivity contribution in [2.24, 2.45) is 5.92 Å². The van der Waals surface area contributed by atoms with Gasteiger partial charge in [-0.1, -0.05) is 122 Å². The van der Waals surface area contributed by atoms with Gasteiger partial charge in [-0.05, 0) is 77.7 Å². The molecule has 0 fully saturated rings. The number of nitrogens with zero attached hydrogens (tertiary/aromatic N) is 2. The van der Waals surface area contributed by atoms with E-state index in [0.29, 0.717) is 0 Å². The number of fused-ring (bicyclic) bond motifs is 9. The third kappa shape index (κ3) is 4.26. The van der Waals surface area contributed by atoms with E-state index in [4.69, 9.17) is 4.42 Å². The quantitative estimate of drug-likeness (QED) is 0.183. The van der Waals surface area contributed by atoms with Crippen LogP contribution in [-0.2, 0) is 0 Å². The van der Waals surface area contributed by atoms with Crippen LogP contribution in [0.1, 0.15) is 18.4 Å². The fraction of sp³-hybridized carbons (Fsp3) is 0.0612. The van der Waals surface area contributed by atoms with Crippen molar-refractivity contribution in [3.8, 4) is 16.8 Å². The lowest BCUT2D eigenvalue weighted by molar-refractivity contribution is 0.612. The summed E-state index contributed by atoms with van der Waals surface area (Å²) in [5, 5.41) is 7.40. The van der Waals surface area contributed by atoms with E-state index in [1.807, 2.05) is 6.07 Å². The Bertz CT molecular complexity index is 3100. The van der Waals surface area contributed by atoms with Gasteiger partial charge in [0.1, 0.15) is 11.2 Å². The molecule has 246 valence electrons. The fourth-order valence-corrected chi connectivity index (χ4v) is 8.81. The molecule has 3 heterocycles. The summed E-state index contributed by atoms with van der Waals surface area (Å²) in [7, 11) is 0. The molecular formula is C49H34N2O. The third-order valence-corrected chi connectivity index (χ3v) is 11.2. The molecule has 0 spiro atoms. The molecule has 2 unspecified atom stereocenters. The number of furan rings is 1. The lowest BCUT2D eigenvalue weighted by atomic mass is 9.82. The molecule has 0 aliphatic heterocycles. The minimum atomic E-state index is 0.218. The predicted molar refractivity (Wildman–Crippen MR) is 218 cm³/mol. The van der Waals surface area contributed by atoms with Crippen LogP contribution in [0.25, 0.3) is 88.1 Å². The van der Waals surface area contributed by atoms with Gasteiger partial charge in [0.25, 0.3) is 0 Å². The van der Waals surface area contributed by atoms with Gasteiger partial charge in [0, 0.05) is 55.2 Å². The molecule has 3 aromatic heterocycles. The average molecular weight is 667 g/mol. The summed E-state index contributed by atoms with van der Waals surface area (Å²) in [6, 6.07) is 57.0. The maximum Gasteiger partial charge on any atom is 0.139 e. The van der Waals surface area contributed by atoms with E-state index in [-0.39, 0.29) is 11.8 Å². The first-order valence-corrected chi connectivity index (χ1v) is 18.1. The highest BCUT2D eigenvalue weighted by Gasteiger charge is 2.25. The number of para-hydroxylation sites is 5. The number of allylic oxidation sites excluding steroid dienone is 4. The summed E-state index contributed by atoms with van der Waals surface area (Å²) in [5.41, 5.74) is 12.9. The molecule has 1 aliphatic rings. The van der Waals surface area contributed by atoms with Crippen LogP contribution in [0.15, 0.2) is 180 Å². The Balaban J connectivity index is 1.02. The lowest BCUT2D eigenvalue weighted by Gasteiger charge is -2.24. The van der Waals surface area contributed by atoms with Crippen molar-refractivity contribution in [2.75, 3.05) is 0 Å². The van der Waals surface area contributed by atoms with Gasteiger partial charge >= 0.3 is 0 Å². The van der Waals surface area contributed by atoms with Gasteiger partial charge in [0.05, 0.1) is 22.1 Å². The summed E-state index contributed by atoms with van der Waals surface area (Å²) in [5.74, 6) is 0.495. The molecule has 7 aromatic carbocycles. The molecule has 52 heavy (non-hydrogen) atoms. The van der Waals surface area contributed by atoms with Crippen LogP contribution in [0.2, 0.25) is 0 Å². The van der Waals surface area contributed by atoms with Crippen LogP contribution in [-0.4, -0.2) is 9.13 Å². The minimum absolute atomic E-state index is 0.218. The number of benzene rings is 7. The number of rotatable bonds is 4. The maximum absolute atomic E-state index is 6.45. The zero-order valence-corrected chi connectivity index (χ0v) is 28.7. The van der Waals surface area contributed by atoms with Gasteiger partial charge < -0.3 is 13.6 Å². The maximum atomic E-state index is 6.45. The number of hydrogen-bond donors (Lipinski definition) is 0. The van der Waals surface area contributed by atoms with Crippen molar-refractivity contribution in [1.82, 2.24) is 9.13 Å². The van der Waals surface area contributed by atoms with Crippen LogP contribution >= 0.6 is 0 Å². The van der Waals surface area contributed by atoms with Gasteiger partial charge in [-0.25, -0.2) is 0 Å². The van der Waals surface area contributed by atoms with Gasteiger partial charge in [-0.3, -0.25) is 0 Å². The zero-order chi connectivity index (χ0) is 34.3. The molecule has 2 atom stereocenters. The van der Waals surface area contributed by atoms with Crippen molar-refractivity contribution in [3.05, 3.63) is 182 Å². The molecular weight excluding hydrogens is 633 g/mol. The van der Waals surface area contributed by atoms with Crippen LogP contribution < -0.4 is 0 Å². The first-order chi connectivity index (χ1) is 25.7. The topological polar surface area (TPSA) is 23.0 Å². The SMILES string of the molecule is CC1C=C(n2c3ccccc3c3cc(-c4ccc5c(c4)c4ccccc4n5-c4ccccc4)ccc32)C=CC1c1cccc2c1oc1ccccc12. The second kappa shape index (κ2) is 11.2. The molecule has 10 aromatic rings. The van der Waals surface area contributed by atoms with Crippen molar-refractivity contribution in [3.63, 3.8) is 0 Å². The van der Waals surface area contributed by atoms with E-state index in [9.17, 15) is 0 Å². The molecule has 3 nitrogen and oxygen atoms in total. The first-order valence-electron chi connectivity index (χ1n) is 18.1. The van der Waals surface area contributed by atoms with E-state index in [1.54, 1.807) is 0 Å². The third-order valence-electron chi connectivity index (χ3n) is 11.2. The highest BCUT2D eigenvalue weighted by atomic mass is 16.3. The summed E-state index contributed by atoms with van der Waals surface area (Å²) >= 11 is 0. The molecule has 0 saturated heterocycles. The standard InChI is InChI=1S/C49H34N2O/c1-31-28-35(24-25-36(31)40-17-11-18-41-39-16-7-10-21-48(39)52-49(40)41)51-45-20-9-6-15-38(45)43-30-33(23-27-47(43)51)32-22-26-46-42(29-32)37-14-5-8-19-44(37)50(46)34-12-3-2-4-13-34/h2-31,36H,1H3. The monoisotopic (exact) mass is 666 g/mol. The average Bonchev–Trinajstić information content (AvgIpc) is 3.86. The predicted octanol–water partition coefficient (Wildman–Crippen LogP) is 13.3. The Kier molecular flexibility index (Phi) is 6.29. The zero-order valence-electron chi connectivity index (χ0n) is 28.7. The molecule has 11 rings (SSSR count). The van der Waals surface area contributed by atoms with Crippen LogP contribution in [0.4, 0.5) is 0 Å². The Hall–Kier alpha value is -6.58. The Morgan fingerprint density at radius 1 is 0.481 bits per heavy atom. The smallest absolute Gasteiger partial charge is 0.139 e. The van der Waals surface area contributed by atoms with Gasteiger partial charge in [-0.15, -0.1) is 0 Å². The summed E-state index contributed by atoms with van der Waals surface area (Å²) < 4.78 is 11.3. The highest BCUT2D eigenvalue weighted by Crippen LogP contribution is 2.43. The van der Waals surface area contributed by atoms with Crippen molar-refractivity contribution in [1.29, 1.82) is 0 Å². The largest absolute Gasteiger partial charge is 0.456 e. The summed E-state index contributed by atoms with van der Waals surface area (Å²) in [6.07, 6.45) is 7.11.